The molecule has 0 spiro atoms. The SMILES string of the molecule is CCCCCCCCCCCCCCCCCCCCC(=O)OC[C@@H](COC(=O)CCCCCCCCC(C)CC)OC(=O)CCCCCCCCCCCC. The van der Waals surface area contributed by atoms with Gasteiger partial charge in [-0.3, -0.25) is 14.4 Å². The van der Waals surface area contributed by atoms with Gasteiger partial charge < -0.3 is 14.2 Å². The Kier molecular flexibility index (Phi) is 43.2. The van der Waals surface area contributed by atoms with Gasteiger partial charge in [-0.1, -0.05) is 240 Å². The number of unbranched alkanes of at least 4 members (excludes halogenated alkanes) is 31. The molecule has 0 fully saturated rings. The lowest BCUT2D eigenvalue weighted by molar-refractivity contribution is -0.167. The Morgan fingerprint density at radius 2 is 0.625 bits per heavy atom. The number of carbonyl (C=O) groups excluding carboxylic acids is 3. The maximum absolute atomic E-state index is 12.7. The molecule has 0 saturated carbocycles. The van der Waals surface area contributed by atoms with E-state index in [4.69, 9.17) is 14.2 Å². The van der Waals surface area contributed by atoms with Crippen molar-refractivity contribution in [2.75, 3.05) is 13.2 Å². The fourth-order valence-electron chi connectivity index (χ4n) is 7.48. The van der Waals surface area contributed by atoms with Gasteiger partial charge in [0.15, 0.2) is 6.10 Å². The molecule has 0 bridgehead atoms. The van der Waals surface area contributed by atoms with Crippen molar-refractivity contribution in [3.63, 3.8) is 0 Å². The zero-order valence-electron chi connectivity index (χ0n) is 38.1. The highest BCUT2D eigenvalue weighted by Crippen LogP contribution is 2.17. The average Bonchev–Trinajstić information content (AvgIpc) is 3.19. The molecule has 0 aromatic carbocycles. The van der Waals surface area contributed by atoms with Gasteiger partial charge in [-0.15, -0.1) is 0 Å². The third kappa shape index (κ3) is 42.0. The Morgan fingerprint density at radius 1 is 0.357 bits per heavy atom. The van der Waals surface area contributed by atoms with E-state index in [9.17, 15) is 14.4 Å². The third-order valence-corrected chi connectivity index (χ3v) is 11.7. The van der Waals surface area contributed by atoms with Crippen LogP contribution in [-0.4, -0.2) is 37.2 Å². The maximum Gasteiger partial charge on any atom is 0.306 e. The van der Waals surface area contributed by atoms with Crippen molar-refractivity contribution < 1.29 is 28.6 Å². The van der Waals surface area contributed by atoms with Gasteiger partial charge >= 0.3 is 17.9 Å². The molecular formula is C50H96O6. The van der Waals surface area contributed by atoms with Crippen LogP contribution in [0.25, 0.3) is 0 Å². The summed E-state index contributed by atoms with van der Waals surface area (Å²) in [5.41, 5.74) is 0. The van der Waals surface area contributed by atoms with Crippen molar-refractivity contribution in [1.82, 2.24) is 0 Å². The van der Waals surface area contributed by atoms with Crippen LogP contribution in [0.4, 0.5) is 0 Å². The maximum atomic E-state index is 12.7. The first-order valence-electron chi connectivity index (χ1n) is 24.9. The Morgan fingerprint density at radius 3 is 0.929 bits per heavy atom. The molecule has 0 radical (unpaired) electrons. The van der Waals surface area contributed by atoms with Crippen molar-refractivity contribution in [2.45, 2.75) is 284 Å². The van der Waals surface area contributed by atoms with Gasteiger partial charge in [-0.2, -0.15) is 0 Å². The molecule has 6 heteroatoms. The van der Waals surface area contributed by atoms with Crippen molar-refractivity contribution in [1.29, 1.82) is 0 Å². The fourth-order valence-corrected chi connectivity index (χ4v) is 7.48. The van der Waals surface area contributed by atoms with Crippen LogP contribution < -0.4 is 0 Å². The second-order valence-electron chi connectivity index (χ2n) is 17.3. The first-order valence-corrected chi connectivity index (χ1v) is 24.9. The lowest BCUT2D eigenvalue weighted by atomic mass is 10.00. The molecule has 0 aromatic heterocycles. The molecule has 0 rings (SSSR count). The van der Waals surface area contributed by atoms with E-state index in [1.165, 1.54) is 173 Å². The molecule has 6 nitrogen and oxygen atoms in total. The van der Waals surface area contributed by atoms with Gasteiger partial charge in [0.05, 0.1) is 0 Å². The van der Waals surface area contributed by atoms with E-state index in [-0.39, 0.29) is 31.1 Å². The van der Waals surface area contributed by atoms with E-state index in [2.05, 4.69) is 27.7 Å². The zero-order valence-corrected chi connectivity index (χ0v) is 38.1. The Balaban J connectivity index is 4.23. The van der Waals surface area contributed by atoms with Gasteiger partial charge in [0.2, 0.25) is 0 Å². The van der Waals surface area contributed by atoms with Crippen LogP contribution in [0, 0.1) is 5.92 Å². The van der Waals surface area contributed by atoms with Crippen molar-refractivity contribution in [3.8, 4) is 0 Å². The normalized spacial score (nSPS) is 12.4. The minimum absolute atomic E-state index is 0.0639. The summed E-state index contributed by atoms with van der Waals surface area (Å²) in [6, 6.07) is 0. The molecule has 0 aromatic rings. The first-order chi connectivity index (χ1) is 27.4. The number of rotatable bonds is 45. The average molecular weight is 793 g/mol. The Labute approximate surface area is 348 Å². The lowest BCUT2D eigenvalue weighted by Crippen LogP contribution is -2.30. The molecule has 0 heterocycles. The number of esters is 3. The first kappa shape index (κ1) is 54.4. The van der Waals surface area contributed by atoms with Gasteiger partial charge in [0.25, 0.3) is 0 Å². The molecule has 2 atom stereocenters. The number of carbonyl (C=O) groups is 3. The summed E-state index contributed by atoms with van der Waals surface area (Å²) in [6.45, 7) is 8.98. The number of hydrogen-bond donors (Lipinski definition) is 0. The van der Waals surface area contributed by atoms with Gasteiger partial charge in [0, 0.05) is 19.3 Å². The fraction of sp³-hybridized carbons (Fsp3) is 0.940. The molecule has 0 saturated heterocycles. The topological polar surface area (TPSA) is 78.9 Å². The van der Waals surface area contributed by atoms with E-state index in [1.807, 2.05) is 0 Å². The number of hydrogen-bond acceptors (Lipinski definition) is 6. The molecule has 0 amide bonds. The summed E-state index contributed by atoms with van der Waals surface area (Å²) < 4.78 is 16.7. The highest BCUT2D eigenvalue weighted by atomic mass is 16.6. The quantitative estimate of drug-likeness (QED) is 0.0347. The van der Waals surface area contributed by atoms with E-state index in [0.29, 0.717) is 19.3 Å². The van der Waals surface area contributed by atoms with E-state index >= 15 is 0 Å². The van der Waals surface area contributed by atoms with E-state index < -0.39 is 6.10 Å². The van der Waals surface area contributed by atoms with E-state index in [1.54, 1.807) is 0 Å². The Bertz CT molecular complexity index is 843. The smallest absolute Gasteiger partial charge is 0.306 e. The monoisotopic (exact) mass is 793 g/mol. The highest BCUT2D eigenvalue weighted by molar-refractivity contribution is 5.71. The van der Waals surface area contributed by atoms with Crippen LogP contribution in [0.3, 0.4) is 0 Å². The summed E-state index contributed by atoms with van der Waals surface area (Å²) in [5.74, 6) is -0.0385. The second-order valence-corrected chi connectivity index (χ2v) is 17.3. The second kappa shape index (κ2) is 44.5. The molecule has 332 valence electrons. The molecule has 0 N–H and O–H groups in total. The van der Waals surface area contributed by atoms with Gasteiger partial charge in [0.1, 0.15) is 13.2 Å². The summed E-state index contributed by atoms with van der Waals surface area (Å²) >= 11 is 0. The standard InChI is InChI=1S/C50H96O6/c1-5-8-10-12-14-16-18-19-20-21-22-23-24-25-27-28-33-37-41-48(51)54-44-47(56-50(53)43-39-35-29-26-17-15-13-11-9-6-2)45-55-49(52)42-38-34-31-30-32-36-40-46(4)7-3/h46-47H,5-45H2,1-4H3/t46?,47-/m0/s1. The molecule has 0 aliphatic carbocycles. The van der Waals surface area contributed by atoms with Crippen molar-refractivity contribution >= 4 is 17.9 Å². The van der Waals surface area contributed by atoms with Gasteiger partial charge in [-0.05, 0) is 25.2 Å². The Hall–Kier alpha value is -1.59. The van der Waals surface area contributed by atoms with Crippen molar-refractivity contribution in [2.24, 2.45) is 5.92 Å². The third-order valence-electron chi connectivity index (χ3n) is 11.7. The summed E-state index contributed by atoms with van der Waals surface area (Å²) in [4.78, 5) is 37.8. The highest BCUT2D eigenvalue weighted by Gasteiger charge is 2.19. The molecule has 0 aliphatic rings. The minimum Gasteiger partial charge on any atom is -0.462 e. The van der Waals surface area contributed by atoms with Crippen LogP contribution in [0.2, 0.25) is 0 Å². The summed E-state index contributed by atoms with van der Waals surface area (Å²) in [6.07, 6.45) is 45.2. The minimum atomic E-state index is -0.760. The van der Waals surface area contributed by atoms with E-state index in [0.717, 1.165) is 63.7 Å². The van der Waals surface area contributed by atoms with Crippen molar-refractivity contribution in [3.05, 3.63) is 0 Å². The summed E-state index contributed by atoms with van der Waals surface area (Å²) in [7, 11) is 0. The molecule has 1 unspecified atom stereocenters. The van der Waals surface area contributed by atoms with Crippen LogP contribution >= 0.6 is 0 Å². The molecule has 0 aliphatic heterocycles. The van der Waals surface area contributed by atoms with Gasteiger partial charge in [-0.25, -0.2) is 0 Å². The largest absolute Gasteiger partial charge is 0.462 e. The van der Waals surface area contributed by atoms with Crippen LogP contribution in [0.5, 0.6) is 0 Å². The van der Waals surface area contributed by atoms with Crippen LogP contribution in [0.1, 0.15) is 278 Å². The van der Waals surface area contributed by atoms with Crippen LogP contribution in [0.15, 0.2) is 0 Å². The molecule has 56 heavy (non-hydrogen) atoms. The summed E-state index contributed by atoms with van der Waals surface area (Å²) in [5, 5.41) is 0. The lowest BCUT2D eigenvalue weighted by Gasteiger charge is -2.18. The predicted molar refractivity (Wildman–Crippen MR) is 238 cm³/mol. The molecular weight excluding hydrogens is 697 g/mol. The zero-order chi connectivity index (χ0) is 41.0. The number of ether oxygens (including phenoxy) is 3. The van der Waals surface area contributed by atoms with Crippen LogP contribution in [-0.2, 0) is 28.6 Å². The predicted octanol–water partition coefficient (Wildman–Crippen LogP) is 15.9.